The minimum absolute atomic E-state index is 0.138. The van der Waals surface area contributed by atoms with Crippen LogP contribution in [-0.2, 0) is 0 Å². The zero-order chi connectivity index (χ0) is 15.6. The zero-order valence-electron chi connectivity index (χ0n) is 11.5. The van der Waals surface area contributed by atoms with Crippen molar-refractivity contribution in [2.45, 2.75) is 32.0 Å². The fraction of sp³-hybridized carbons (Fsp3) is 0.400. The number of aliphatic hydroxyl groups is 1. The molecule has 21 heavy (non-hydrogen) atoms. The predicted molar refractivity (Wildman–Crippen MR) is 72.3 cm³/mol. The summed E-state index contributed by atoms with van der Waals surface area (Å²) < 4.78 is 43.2. The molecule has 0 spiro atoms. The second-order valence-electron chi connectivity index (χ2n) is 4.91. The van der Waals surface area contributed by atoms with Gasteiger partial charge in [0.2, 0.25) is 5.89 Å². The van der Waals surface area contributed by atoms with E-state index in [4.69, 9.17) is 4.42 Å². The highest BCUT2D eigenvalue weighted by molar-refractivity contribution is 5.70. The molecule has 0 aliphatic heterocycles. The van der Waals surface area contributed by atoms with Crippen LogP contribution < -0.4 is 0 Å². The molecule has 1 N–H and O–H groups in total. The van der Waals surface area contributed by atoms with Crippen molar-refractivity contribution in [1.29, 1.82) is 0 Å². The molecule has 0 saturated heterocycles. The largest absolute Gasteiger partial charge is 0.438 e. The Kier molecular flexibility index (Phi) is 4.37. The number of aliphatic hydroxyl groups excluding tert-OH is 1. The Morgan fingerprint density at radius 1 is 1.57 bits per heavy atom. The maximum atomic E-state index is 12.6. The zero-order valence-corrected chi connectivity index (χ0v) is 11.5. The average Bonchev–Trinajstić information content (AvgIpc) is 2.80. The number of halogens is 3. The van der Waals surface area contributed by atoms with Crippen LogP contribution in [0.4, 0.5) is 13.2 Å². The first-order valence-electron chi connectivity index (χ1n) is 6.54. The molecule has 0 radical (unpaired) electrons. The lowest BCUT2D eigenvalue weighted by molar-refractivity contribution is -0.160. The summed E-state index contributed by atoms with van der Waals surface area (Å²) in [6, 6.07) is 0. The molecule has 1 heterocycles. The van der Waals surface area contributed by atoms with E-state index in [0.29, 0.717) is 23.4 Å². The van der Waals surface area contributed by atoms with Gasteiger partial charge in [-0.05, 0) is 19.8 Å². The molecule has 2 rings (SSSR count). The van der Waals surface area contributed by atoms with Gasteiger partial charge in [-0.3, -0.25) is 0 Å². The van der Waals surface area contributed by atoms with E-state index in [1.165, 1.54) is 12.2 Å². The summed E-state index contributed by atoms with van der Waals surface area (Å²) >= 11 is 0. The molecule has 1 aliphatic carbocycles. The Morgan fingerprint density at radius 3 is 2.81 bits per heavy atom. The molecule has 0 aromatic carbocycles. The van der Waals surface area contributed by atoms with Gasteiger partial charge in [0, 0.05) is 5.57 Å². The summed E-state index contributed by atoms with van der Waals surface area (Å²) in [5, 5.41) is 9.87. The van der Waals surface area contributed by atoms with Gasteiger partial charge in [-0.1, -0.05) is 24.3 Å². The van der Waals surface area contributed by atoms with Crippen LogP contribution in [0.2, 0.25) is 0 Å². The Hall–Kier alpha value is -1.82. The van der Waals surface area contributed by atoms with Gasteiger partial charge in [0.25, 0.3) is 0 Å². The van der Waals surface area contributed by atoms with Crippen LogP contribution in [0.3, 0.4) is 0 Å². The van der Waals surface area contributed by atoms with Crippen molar-refractivity contribution in [3.8, 4) is 0 Å². The van der Waals surface area contributed by atoms with E-state index in [1.807, 2.05) is 0 Å². The van der Waals surface area contributed by atoms with Gasteiger partial charge in [0.05, 0.1) is 11.6 Å². The van der Waals surface area contributed by atoms with E-state index in [2.05, 4.69) is 11.6 Å². The number of aryl methyl sites for hydroxylation is 1. The average molecular weight is 299 g/mol. The van der Waals surface area contributed by atoms with E-state index < -0.39 is 18.2 Å². The molecule has 6 heteroatoms. The van der Waals surface area contributed by atoms with Crippen LogP contribution in [0, 0.1) is 12.8 Å². The van der Waals surface area contributed by atoms with Gasteiger partial charge >= 0.3 is 6.18 Å². The topological polar surface area (TPSA) is 46.3 Å². The standard InChI is InChI=1S/C15H16F3NO2/c1-3-4-12(20)13-9(2)19-14(21-13)10-5-7-11(8-6-10)15(16,17)18/h3,5-7,11-12,20H,1,4,8H2,2H3. The third-order valence-corrected chi connectivity index (χ3v) is 3.29. The molecule has 114 valence electrons. The van der Waals surface area contributed by atoms with Crippen molar-refractivity contribution in [1.82, 2.24) is 4.98 Å². The molecule has 0 bridgehead atoms. The summed E-state index contributed by atoms with van der Waals surface area (Å²) in [4.78, 5) is 4.16. The van der Waals surface area contributed by atoms with Gasteiger partial charge in [0.15, 0.2) is 5.76 Å². The van der Waals surface area contributed by atoms with Crippen LogP contribution in [0.15, 0.2) is 35.3 Å². The molecule has 3 nitrogen and oxygen atoms in total. The van der Waals surface area contributed by atoms with Crippen molar-refractivity contribution in [3.05, 3.63) is 48.2 Å². The van der Waals surface area contributed by atoms with E-state index >= 15 is 0 Å². The second-order valence-corrected chi connectivity index (χ2v) is 4.91. The SMILES string of the molecule is C=CCC(O)c1oc(C2=CCC(C(F)(F)F)C=C2)nc1C. The monoisotopic (exact) mass is 299 g/mol. The number of hydrogen-bond donors (Lipinski definition) is 1. The van der Waals surface area contributed by atoms with E-state index in [9.17, 15) is 18.3 Å². The van der Waals surface area contributed by atoms with Gasteiger partial charge in [0.1, 0.15) is 6.10 Å². The summed E-state index contributed by atoms with van der Waals surface area (Å²) in [7, 11) is 0. The summed E-state index contributed by atoms with van der Waals surface area (Å²) in [6.07, 6.45) is 0.566. The van der Waals surface area contributed by atoms with Crippen molar-refractivity contribution < 1.29 is 22.7 Å². The fourth-order valence-electron chi connectivity index (χ4n) is 2.13. The minimum atomic E-state index is -4.24. The molecule has 0 saturated carbocycles. The van der Waals surface area contributed by atoms with Gasteiger partial charge in [-0.2, -0.15) is 13.2 Å². The lowest BCUT2D eigenvalue weighted by atomic mass is 9.96. The van der Waals surface area contributed by atoms with Crippen LogP contribution in [0.25, 0.3) is 5.57 Å². The molecule has 2 unspecified atom stereocenters. The Morgan fingerprint density at radius 2 is 2.29 bits per heavy atom. The first kappa shape index (κ1) is 15.6. The number of allylic oxidation sites excluding steroid dienone is 4. The summed E-state index contributed by atoms with van der Waals surface area (Å²) in [6.45, 7) is 5.21. The quantitative estimate of drug-likeness (QED) is 0.851. The molecule has 0 amide bonds. The molecule has 1 aromatic rings. The smallest absolute Gasteiger partial charge is 0.395 e. The Bertz CT molecular complexity index is 584. The van der Waals surface area contributed by atoms with Crippen LogP contribution in [-0.4, -0.2) is 16.3 Å². The summed E-state index contributed by atoms with van der Waals surface area (Å²) in [5.74, 6) is -0.928. The first-order chi connectivity index (χ1) is 9.82. The Balaban J connectivity index is 2.18. The van der Waals surface area contributed by atoms with Gasteiger partial charge in [-0.15, -0.1) is 6.58 Å². The first-order valence-corrected chi connectivity index (χ1v) is 6.54. The predicted octanol–water partition coefficient (Wildman–Crippen LogP) is 4.11. The maximum Gasteiger partial charge on any atom is 0.395 e. The van der Waals surface area contributed by atoms with Crippen LogP contribution in [0.1, 0.15) is 36.3 Å². The van der Waals surface area contributed by atoms with Crippen molar-refractivity contribution in [3.63, 3.8) is 0 Å². The number of hydrogen-bond acceptors (Lipinski definition) is 3. The second kappa shape index (κ2) is 5.89. The van der Waals surface area contributed by atoms with Crippen LogP contribution in [0.5, 0.6) is 0 Å². The summed E-state index contributed by atoms with van der Waals surface area (Å²) in [5.41, 5.74) is 1.02. The molecule has 1 aromatic heterocycles. The molecule has 1 aliphatic rings. The number of aromatic nitrogens is 1. The normalized spacial score (nSPS) is 20.2. The third-order valence-electron chi connectivity index (χ3n) is 3.29. The van der Waals surface area contributed by atoms with Crippen molar-refractivity contribution >= 4 is 5.57 Å². The minimum Gasteiger partial charge on any atom is -0.438 e. The highest BCUT2D eigenvalue weighted by Gasteiger charge is 2.38. The maximum absolute atomic E-state index is 12.6. The lowest BCUT2D eigenvalue weighted by Crippen LogP contribution is -2.21. The van der Waals surface area contributed by atoms with Crippen molar-refractivity contribution in [2.24, 2.45) is 5.92 Å². The molecule has 0 fully saturated rings. The highest BCUT2D eigenvalue weighted by atomic mass is 19.4. The van der Waals surface area contributed by atoms with E-state index in [0.717, 1.165) is 6.08 Å². The number of rotatable bonds is 4. The Labute approximate surface area is 120 Å². The number of oxazole rings is 1. The number of alkyl halides is 3. The molecule has 2 atom stereocenters. The third kappa shape index (κ3) is 3.44. The number of nitrogens with zero attached hydrogens (tertiary/aromatic N) is 1. The van der Waals surface area contributed by atoms with E-state index in [-0.39, 0.29) is 12.3 Å². The van der Waals surface area contributed by atoms with Gasteiger partial charge in [-0.25, -0.2) is 4.98 Å². The lowest BCUT2D eigenvalue weighted by Gasteiger charge is -2.18. The highest BCUT2D eigenvalue weighted by Crippen LogP contribution is 2.35. The molecular weight excluding hydrogens is 283 g/mol. The fourth-order valence-corrected chi connectivity index (χ4v) is 2.13. The van der Waals surface area contributed by atoms with Gasteiger partial charge < -0.3 is 9.52 Å². The molecular formula is C15H16F3NO2. The van der Waals surface area contributed by atoms with Crippen molar-refractivity contribution in [2.75, 3.05) is 0 Å². The van der Waals surface area contributed by atoms with Crippen LogP contribution >= 0.6 is 0 Å². The van der Waals surface area contributed by atoms with E-state index in [1.54, 1.807) is 13.0 Å².